The lowest BCUT2D eigenvalue weighted by Crippen LogP contribution is -2.30. The first-order valence-corrected chi connectivity index (χ1v) is 19.5. The number of aliphatic carboxylic acids is 1. The third-order valence-corrected chi connectivity index (χ3v) is 8.11. The van der Waals surface area contributed by atoms with Gasteiger partial charge in [-0.25, -0.2) is 0 Å². The fraction of sp³-hybridized carbons (Fsp3) is 0.897. The molecule has 0 spiro atoms. The molecule has 0 amide bonds. The van der Waals surface area contributed by atoms with Crippen LogP contribution in [0.1, 0.15) is 207 Å². The Kier molecular flexibility index (Phi) is 38.3. The monoisotopic (exact) mass is 671 g/mol. The van der Waals surface area contributed by atoms with Gasteiger partial charge in [0, 0.05) is 25.7 Å². The van der Waals surface area contributed by atoms with Gasteiger partial charge in [0.1, 0.15) is 13.2 Å². The molecule has 0 aliphatic rings. The van der Waals surface area contributed by atoms with Crippen molar-refractivity contribution >= 4 is 23.9 Å². The molecule has 8 heteroatoms. The highest BCUT2D eigenvalue weighted by Gasteiger charge is 2.19. The number of unbranched alkanes of at least 4 members (excludes halogenated alkanes) is 20. The Balaban J connectivity index is 0. The van der Waals surface area contributed by atoms with E-state index in [1.165, 1.54) is 83.5 Å². The lowest BCUT2D eigenvalue weighted by molar-refractivity contribution is -0.167. The second-order valence-corrected chi connectivity index (χ2v) is 12.9. The van der Waals surface area contributed by atoms with E-state index >= 15 is 0 Å². The molecule has 0 heterocycles. The lowest BCUT2D eigenvalue weighted by atomic mass is 10.1. The predicted molar refractivity (Wildman–Crippen MR) is 191 cm³/mol. The molecule has 0 aromatic heterocycles. The van der Waals surface area contributed by atoms with Crippen molar-refractivity contribution in [2.75, 3.05) is 13.2 Å². The SMILES string of the molecule is CCCCCCCCC(=O)O.CCCCCCCCC(=O)OCC(COC(=O)CCCCCCCC)OC(=O)CCCCCCCC. The Morgan fingerprint density at radius 1 is 0.404 bits per heavy atom. The second-order valence-electron chi connectivity index (χ2n) is 12.9. The van der Waals surface area contributed by atoms with Gasteiger partial charge in [0.2, 0.25) is 0 Å². The molecule has 0 unspecified atom stereocenters. The van der Waals surface area contributed by atoms with Gasteiger partial charge >= 0.3 is 23.9 Å². The van der Waals surface area contributed by atoms with Crippen LogP contribution in [-0.4, -0.2) is 48.3 Å². The smallest absolute Gasteiger partial charge is 0.306 e. The van der Waals surface area contributed by atoms with Crippen LogP contribution in [-0.2, 0) is 33.4 Å². The molecule has 0 aliphatic carbocycles. The van der Waals surface area contributed by atoms with Crippen LogP contribution in [0.25, 0.3) is 0 Å². The van der Waals surface area contributed by atoms with Gasteiger partial charge in [-0.2, -0.15) is 0 Å². The molecule has 0 rings (SSSR count). The zero-order valence-corrected chi connectivity index (χ0v) is 31.1. The predicted octanol–water partition coefficient (Wildman–Crippen LogP) is 11.1. The molecule has 47 heavy (non-hydrogen) atoms. The Labute approximate surface area is 288 Å². The topological polar surface area (TPSA) is 116 Å². The van der Waals surface area contributed by atoms with Crippen LogP contribution >= 0.6 is 0 Å². The first-order chi connectivity index (χ1) is 22.8. The summed E-state index contributed by atoms with van der Waals surface area (Å²) in [6.07, 6.45) is 27.2. The molecule has 0 bridgehead atoms. The summed E-state index contributed by atoms with van der Waals surface area (Å²) in [5.41, 5.74) is 0. The maximum absolute atomic E-state index is 12.3. The van der Waals surface area contributed by atoms with E-state index in [2.05, 4.69) is 27.7 Å². The molecule has 0 fully saturated rings. The highest BCUT2D eigenvalue weighted by molar-refractivity contribution is 5.71. The molecule has 8 nitrogen and oxygen atoms in total. The zero-order chi connectivity index (χ0) is 35.2. The van der Waals surface area contributed by atoms with E-state index in [0.717, 1.165) is 70.6 Å². The summed E-state index contributed by atoms with van der Waals surface area (Å²) in [5.74, 6) is -1.57. The third-order valence-electron chi connectivity index (χ3n) is 8.11. The largest absolute Gasteiger partial charge is 0.481 e. The minimum absolute atomic E-state index is 0.0682. The molecule has 0 radical (unpaired) electrons. The van der Waals surface area contributed by atoms with E-state index in [1.54, 1.807) is 0 Å². The summed E-state index contributed by atoms with van der Waals surface area (Å²) in [6.45, 7) is 8.58. The summed E-state index contributed by atoms with van der Waals surface area (Å²) in [6, 6.07) is 0. The molecule has 0 saturated heterocycles. The molecule has 0 aliphatic heterocycles. The van der Waals surface area contributed by atoms with Crippen LogP contribution < -0.4 is 0 Å². The second kappa shape index (κ2) is 38.3. The molecular formula is C39H74O8. The molecule has 0 aromatic carbocycles. The number of carboxylic acids is 1. The van der Waals surface area contributed by atoms with Crippen molar-refractivity contribution in [3.63, 3.8) is 0 Å². The zero-order valence-electron chi connectivity index (χ0n) is 31.1. The summed E-state index contributed by atoms with van der Waals surface area (Å²) in [5, 5.41) is 8.32. The standard InChI is InChI=1S/C30H56O6.C9H18O2/c1-4-7-10-13-16-19-22-28(31)34-25-27(36-30(33)24-21-18-15-12-9-6-3)26-35-29(32)23-20-17-14-11-8-5-2;1-2-3-4-5-6-7-8-9(10)11/h27H,4-26H2,1-3H3;2-8H2,1H3,(H,10,11). The van der Waals surface area contributed by atoms with Crippen LogP contribution in [0.2, 0.25) is 0 Å². The minimum Gasteiger partial charge on any atom is -0.481 e. The van der Waals surface area contributed by atoms with Crippen LogP contribution in [0, 0.1) is 0 Å². The molecule has 0 aromatic rings. The highest BCUT2D eigenvalue weighted by atomic mass is 16.6. The number of esters is 3. The first kappa shape index (κ1) is 47.0. The first-order valence-electron chi connectivity index (χ1n) is 19.5. The van der Waals surface area contributed by atoms with Gasteiger partial charge < -0.3 is 19.3 Å². The number of hydrogen-bond acceptors (Lipinski definition) is 7. The minimum atomic E-state index is -0.750. The molecule has 278 valence electrons. The van der Waals surface area contributed by atoms with Crippen molar-refractivity contribution in [1.29, 1.82) is 0 Å². The number of carbonyl (C=O) groups is 4. The van der Waals surface area contributed by atoms with E-state index in [1.807, 2.05) is 0 Å². The Hall–Kier alpha value is -2.12. The number of hydrogen-bond donors (Lipinski definition) is 1. The third kappa shape index (κ3) is 40.0. The van der Waals surface area contributed by atoms with Gasteiger partial charge in [-0.15, -0.1) is 0 Å². The summed E-state index contributed by atoms with van der Waals surface area (Å²) in [4.78, 5) is 46.7. The van der Waals surface area contributed by atoms with Crippen molar-refractivity contribution in [3.05, 3.63) is 0 Å². The fourth-order valence-corrected chi connectivity index (χ4v) is 5.08. The van der Waals surface area contributed by atoms with E-state index in [0.29, 0.717) is 25.7 Å². The van der Waals surface area contributed by atoms with Gasteiger partial charge in [0.25, 0.3) is 0 Å². The van der Waals surface area contributed by atoms with Crippen molar-refractivity contribution in [1.82, 2.24) is 0 Å². The molecular weight excluding hydrogens is 596 g/mol. The number of ether oxygens (including phenoxy) is 3. The summed E-state index contributed by atoms with van der Waals surface area (Å²) < 4.78 is 16.3. The van der Waals surface area contributed by atoms with E-state index in [9.17, 15) is 19.2 Å². The van der Waals surface area contributed by atoms with Crippen LogP contribution in [0.15, 0.2) is 0 Å². The van der Waals surface area contributed by atoms with E-state index in [-0.39, 0.29) is 31.1 Å². The van der Waals surface area contributed by atoms with E-state index in [4.69, 9.17) is 19.3 Å². The average Bonchev–Trinajstić information content (AvgIpc) is 3.05. The van der Waals surface area contributed by atoms with Gasteiger partial charge in [-0.1, -0.05) is 156 Å². The summed E-state index contributed by atoms with van der Waals surface area (Å²) >= 11 is 0. The van der Waals surface area contributed by atoms with Crippen LogP contribution in [0.3, 0.4) is 0 Å². The molecule has 0 saturated carbocycles. The van der Waals surface area contributed by atoms with Crippen molar-refractivity contribution in [2.45, 2.75) is 214 Å². The van der Waals surface area contributed by atoms with Crippen molar-refractivity contribution < 1.29 is 38.5 Å². The number of carbonyl (C=O) groups excluding carboxylic acids is 3. The number of carboxylic acid groups (broad SMARTS) is 1. The van der Waals surface area contributed by atoms with Gasteiger partial charge in [-0.3, -0.25) is 19.2 Å². The Morgan fingerprint density at radius 2 is 0.681 bits per heavy atom. The average molecular weight is 671 g/mol. The van der Waals surface area contributed by atoms with Crippen molar-refractivity contribution in [2.24, 2.45) is 0 Å². The molecule has 0 atom stereocenters. The number of rotatable bonds is 33. The van der Waals surface area contributed by atoms with E-state index < -0.39 is 12.1 Å². The Morgan fingerprint density at radius 3 is 1.00 bits per heavy atom. The van der Waals surface area contributed by atoms with Gasteiger partial charge in [-0.05, 0) is 25.7 Å². The maximum Gasteiger partial charge on any atom is 0.306 e. The van der Waals surface area contributed by atoms with Crippen molar-refractivity contribution in [3.8, 4) is 0 Å². The summed E-state index contributed by atoms with van der Waals surface area (Å²) in [7, 11) is 0. The highest BCUT2D eigenvalue weighted by Crippen LogP contribution is 2.12. The van der Waals surface area contributed by atoms with Gasteiger partial charge in [0.05, 0.1) is 0 Å². The fourth-order valence-electron chi connectivity index (χ4n) is 5.08. The quantitative estimate of drug-likeness (QED) is 0.0416. The van der Waals surface area contributed by atoms with Gasteiger partial charge in [0.15, 0.2) is 6.10 Å². The maximum atomic E-state index is 12.3. The normalized spacial score (nSPS) is 10.7. The molecule has 1 N–H and O–H groups in total. The Bertz CT molecular complexity index is 692. The lowest BCUT2D eigenvalue weighted by Gasteiger charge is -2.18. The van der Waals surface area contributed by atoms with Crippen LogP contribution in [0.5, 0.6) is 0 Å². The van der Waals surface area contributed by atoms with Crippen LogP contribution in [0.4, 0.5) is 0 Å².